The zero-order valence-electron chi connectivity index (χ0n) is 21.0. The Hall–Kier alpha value is -2.22. The van der Waals surface area contributed by atoms with Crippen LogP contribution in [0, 0.1) is 11.8 Å². The highest BCUT2D eigenvalue weighted by Crippen LogP contribution is 2.34. The maximum atomic E-state index is 4.79. The molecule has 1 aliphatic carbocycles. The molecule has 178 valence electrons. The second kappa shape index (κ2) is 14.8. The van der Waals surface area contributed by atoms with Crippen molar-refractivity contribution in [2.75, 3.05) is 0 Å². The lowest BCUT2D eigenvalue weighted by Crippen LogP contribution is -2.22. The quantitative estimate of drug-likeness (QED) is 0.167. The van der Waals surface area contributed by atoms with E-state index in [2.05, 4.69) is 73.5 Å². The molecule has 33 heavy (non-hydrogen) atoms. The summed E-state index contributed by atoms with van der Waals surface area (Å²) in [6.07, 6.45) is 19.0. The zero-order valence-corrected chi connectivity index (χ0v) is 21.0. The van der Waals surface area contributed by atoms with Crippen LogP contribution in [0.25, 0.3) is 0 Å². The summed E-state index contributed by atoms with van der Waals surface area (Å²) in [5, 5.41) is 9.34. The fourth-order valence-corrected chi connectivity index (χ4v) is 5.08. The fourth-order valence-electron chi connectivity index (χ4n) is 5.08. The van der Waals surface area contributed by atoms with Gasteiger partial charge in [-0.15, -0.1) is 0 Å². The lowest BCUT2D eigenvalue weighted by Gasteiger charge is -2.29. The van der Waals surface area contributed by atoms with Crippen LogP contribution in [0.4, 0.5) is 0 Å². The molecular formula is C31H44N2. The van der Waals surface area contributed by atoms with E-state index in [0.717, 1.165) is 11.5 Å². The fraction of sp³-hybridized carbons (Fsp3) is 0.548. The van der Waals surface area contributed by atoms with Crippen LogP contribution in [0.3, 0.4) is 0 Å². The summed E-state index contributed by atoms with van der Waals surface area (Å²) in [5.41, 5.74) is 4.95. The molecule has 1 saturated carbocycles. The molecule has 0 heterocycles. The molecule has 0 amide bonds. The Labute approximate surface area is 202 Å². The molecule has 0 N–H and O–H groups in total. The van der Waals surface area contributed by atoms with Crippen molar-refractivity contribution in [2.24, 2.45) is 22.0 Å². The third kappa shape index (κ3) is 8.91. The summed E-state index contributed by atoms with van der Waals surface area (Å²) in [5.74, 6) is 1.44. The van der Waals surface area contributed by atoms with Gasteiger partial charge in [-0.3, -0.25) is 0 Å². The summed E-state index contributed by atoms with van der Waals surface area (Å²) in [4.78, 5) is 0. The summed E-state index contributed by atoms with van der Waals surface area (Å²) in [6.45, 7) is 4.56. The second-order valence-corrected chi connectivity index (χ2v) is 9.86. The highest BCUT2D eigenvalue weighted by Gasteiger charge is 2.25. The van der Waals surface area contributed by atoms with E-state index in [1.165, 1.54) is 100 Å². The molecular weight excluding hydrogens is 400 g/mol. The maximum Gasteiger partial charge on any atom is 0.0733 e. The largest absolute Gasteiger partial charge is 0.158 e. The molecule has 0 bridgehead atoms. The average molecular weight is 445 g/mol. The summed E-state index contributed by atoms with van der Waals surface area (Å²) in [6, 6.07) is 19.5. The van der Waals surface area contributed by atoms with Crippen molar-refractivity contribution in [2.45, 2.75) is 97.3 Å². The van der Waals surface area contributed by atoms with Crippen molar-refractivity contribution < 1.29 is 0 Å². The predicted molar refractivity (Wildman–Crippen MR) is 144 cm³/mol. The molecule has 0 unspecified atom stereocenters. The number of unbranched alkanes of at least 4 members (excludes halogenated alkanes) is 5. The van der Waals surface area contributed by atoms with E-state index in [1.807, 2.05) is 6.21 Å². The van der Waals surface area contributed by atoms with Gasteiger partial charge in [0.25, 0.3) is 0 Å². The van der Waals surface area contributed by atoms with Crippen molar-refractivity contribution in [3.63, 3.8) is 0 Å². The van der Waals surface area contributed by atoms with Crippen molar-refractivity contribution in [1.82, 2.24) is 0 Å². The average Bonchev–Trinajstić information content (AvgIpc) is 2.87. The predicted octanol–water partition coefficient (Wildman–Crippen LogP) is 9.02. The van der Waals surface area contributed by atoms with Crippen LogP contribution >= 0.6 is 0 Å². The first kappa shape index (κ1) is 25.4. The molecule has 1 aliphatic rings. The molecule has 0 atom stereocenters. The first-order valence-corrected chi connectivity index (χ1v) is 13.6. The van der Waals surface area contributed by atoms with Crippen LogP contribution in [0.15, 0.2) is 64.8 Å². The van der Waals surface area contributed by atoms with Gasteiger partial charge in [-0.05, 0) is 61.1 Å². The zero-order chi connectivity index (χ0) is 23.1. The number of aryl methyl sites for hydroxylation is 1. The molecule has 0 saturated heterocycles. The van der Waals surface area contributed by atoms with E-state index < -0.39 is 0 Å². The number of benzene rings is 2. The molecule has 0 aliphatic heterocycles. The Morgan fingerprint density at radius 3 is 2.18 bits per heavy atom. The van der Waals surface area contributed by atoms with Crippen LogP contribution in [0.1, 0.15) is 108 Å². The molecule has 2 nitrogen and oxygen atoms in total. The lowest BCUT2D eigenvalue weighted by atomic mass is 9.76. The second-order valence-electron chi connectivity index (χ2n) is 9.86. The molecule has 0 aromatic heterocycles. The summed E-state index contributed by atoms with van der Waals surface area (Å²) in [7, 11) is 0. The van der Waals surface area contributed by atoms with E-state index in [4.69, 9.17) is 5.10 Å². The molecule has 3 rings (SSSR count). The Morgan fingerprint density at radius 1 is 0.788 bits per heavy atom. The minimum Gasteiger partial charge on any atom is -0.158 e. The molecule has 2 aromatic rings. The minimum absolute atomic E-state index is 0.525. The van der Waals surface area contributed by atoms with E-state index in [9.17, 15) is 0 Å². The Morgan fingerprint density at radius 2 is 1.48 bits per heavy atom. The van der Waals surface area contributed by atoms with E-state index in [1.54, 1.807) is 0 Å². The number of rotatable bonds is 13. The SMILES string of the molecule is CCCCCCc1ccc(C=NN=C(c2ccccc2)C2CCC(CCCCC)CC2)cc1. The standard InChI is InChI=1S/C31H44N2/c1-3-5-7-10-14-26-17-19-28(20-18-26)25-32-33-31(29-15-11-8-12-16-29)30-23-21-27(22-24-30)13-9-6-4-2/h8,11-12,15-20,25,27,30H,3-7,9-10,13-14,21-24H2,1-2H3. The van der Waals surface area contributed by atoms with Gasteiger partial charge in [0.15, 0.2) is 0 Å². The van der Waals surface area contributed by atoms with E-state index in [-0.39, 0.29) is 0 Å². The lowest BCUT2D eigenvalue weighted by molar-refractivity contribution is 0.299. The number of hydrogen-bond acceptors (Lipinski definition) is 2. The Balaban J connectivity index is 1.61. The van der Waals surface area contributed by atoms with Crippen LogP contribution in [-0.4, -0.2) is 11.9 Å². The molecule has 2 aromatic carbocycles. The van der Waals surface area contributed by atoms with Gasteiger partial charge in [-0.25, -0.2) is 0 Å². The Kier molecular flexibility index (Phi) is 11.4. The monoisotopic (exact) mass is 444 g/mol. The van der Waals surface area contributed by atoms with Crippen LogP contribution in [0.5, 0.6) is 0 Å². The third-order valence-electron chi connectivity index (χ3n) is 7.19. The molecule has 0 spiro atoms. The van der Waals surface area contributed by atoms with Gasteiger partial charge in [0.2, 0.25) is 0 Å². The van der Waals surface area contributed by atoms with Crippen molar-refractivity contribution in [1.29, 1.82) is 0 Å². The van der Waals surface area contributed by atoms with Gasteiger partial charge in [-0.1, -0.05) is 113 Å². The number of nitrogens with zero attached hydrogens (tertiary/aromatic N) is 2. The van der Waals surface area contributed by atoms with Gasteiger partial charge in [0.1, 0.15) is 0 Å². The smallest absolute Gasteiger partial charge is 0.0733 e. The minimum atomic E-state index is 0.525. The maximum absolute atomic E-state index is 4.79. The first-order chi connectivity index (χ1) is 16.3. The summed E-state index contributed by atoms with van der Waals surface area (Å²) < 4.78 is 0. The summed E-state index contributed by atoms with van der Waals surface area (Å²) >= 11 is 0. The normalized spacial score (nSPS) is 19.3. The molecule has 2 heteroatoms. The first-order valence-electron chi connectivity index (χ1n) is 13.6. The van der Waals surface area contributed by atoms with Crippen LogP contribution in [-0.2, 0) is 6.42 Å². The van der Waals surface area contributed by atoms with Gasteiger partial charge < -0.3 is 0 Å². The van der Waals surface area contributed by atoms with E-state index >= 15 is 0 Å². The van der Waals surface area contributed by atoms with Crippen LogP contribution < -0.4 is 0 Å². The van der Waals surface area contributed by atoms with E-state index in [0.29, 0.717) is 5.92 Å². The van der Waals surface area contributed by atoms with Gasteiger partial charge in [-0.2, -0.15) is 10.2 Å². The Bertz CT molecular complexity index is 827. The van der Waals surface area contributed by atoms with Crippen molar-refractivity contribution in [3.8, 4) is 0 Å². The highest BCUT2D eigenvalue weighted by atomic mass is 15.2. The topological polar surface area (TPSA) is 24.7 Å². The third-order valence-corrected chi connectivity index (χ3v) is 7.19. The van der Waals surface area contributed by atoms with Gasteiger partial charge in [0, 0.05) is 5.92 Å². The highest BCUT2D eigenvalue weighted by molar-refractivity contribution is 6.02. The van der Waals surface area contributed by atoms with Crippen molar-refractivity contribution >= 4 is 11.9 Å². The number of hydrogen-bond donors (Lipinski definition) is 0. The van der Waals surface area contributed by atoms with Gasteiger partial charge in [0.05, 0.1) is 11.9 Å². The van der Waals surface area contributed by atoms with Crippen LogP contribution in [0.2, 0.25) is 0 Å². The van der Waals surface area contributed by atoms with Gasteiger partial charge >= 0.3 is 0 Å². The molecule has 0 radical (unpaired) electrons. The molecule has 1 fully saturated rings. The van der Waals surface area contributed by atoms with Crippen molar-refractivity contribution in [3.05, 3.63) is 71.3 Å².